The number of aromatic amines is 1. The number of hydrogen-bond acceptors (Lipinski definition) is 2. The molecule has 2 N–H and O–H groups in total. The molecule has 18 heavy (non-hydrogen) atoms. The number of carbonyl (C=O) groups excluding carboxylic acids is 1. The maximum absolute atomic E-state index is 12.0. The van der Waals surface area contributed by atoms with Crippen LogP contribution in [0.25, 0.3) is 0 Å². The number of aromatic nitrogens is 3. The van der Waals surface area contributed by atoms with Crippen LogP contribution in [-0.4, -0.2) is 27.0 Å². The van der Waals surface area contributed by atoms with Gasteiger partial charge in [0, 0.05) is 38.1 Å². The fourth-order valence-electron chi connectivity index (χ4n) is 1.88. The van der Waals surface area contributed by atoms with Crippen LogP contribution < -0.4 is 5.32 Å². The topological polar surface area (TPSA) is 62.7 Å². The van der Waals surface area contributed by atoms with E-state index in [1.807, 2.05) is 22.9 Å². The summed E-state index contributed by atoms with van der Waals surface area (Å²) in [4.78, 5) is 19.1. The molecule has 0 aliphatic rings. The molecule has 2 aromatic heterocycles. The maximum Gasteiger partial charge on any atom is 0.267 e. The molecule has 2 heterocycles. The molecule has 96 valence electrons. The minimum Gasteiger partial charge on any atom is -0.350 e. The molecule has 0 spiro atoms. The Morgan fingerprint density at radius 2 is 2.44 bits per heavy atom. The van der Waals surface area contributed by atoms with E-state index in [0.29, 0.717) is 13.0 Å². The highest BCUT2D eigenvalue weighted by Gasteiger charge is 2.09. The fourth-order valence-corrected chi connectivity index (χ4v) is 1.88. The molecule has 0 saturated carbocycles. The maximum atomic E-state index is 12.0. The van der Waals surface area contributed by atoms with Crippen molar-refractivity contribution in [3.8, 4) is 0 Å². The first-order chi connectivity index (χ1) is 8.81. The quantitative estimate of drug-likeness (QED) is 0.813. The molecule has 5 nitrogen and oxygen atoms in total. The molecule has 2 rings (SSSR count). The zero-order valence-corrected chi connectivity index (χ0v) is 10.5. The lowest BCUT2D eigenvalue weighted by molar-refractivity contribution is 0.0944. The number of H-pyrrole nitrogens is 1. The van der Waals surface area contributed by atoms with Crippen LogP contribution in [0.5, 0.6) is 0 Å². The van der Waals surface area contributed by atoms with Gasteiger partial charge >= 0.3 is 0 Å². The number of carbonyl (C=O) groups is 1. The summed E-state index contributed by atoms with van der Waals surface area (Å²) in [6.07, 6.45) is 7.16. The van der Waals surface area contributed by atoms with E-state index in [4.69, 9.17) is 0 Å². The highest BCUT2D eigenvalue weighted by molar-refractivity contribution is 5.92. The van der Waals surface area contributed by atoms with Crippen molar-refractivity contribution in [2.45, 2.75) is 26.3 Å². The van der Waals surface area contributed by atoms with Gasteiger partial charge in [0.15, 0.2) is 0 Å². The van der Waals surface area contributed by atoms with Crippen molar-refractivity contribution in [1.29, 1.82) is 0 Å². The average molecular weight is 246 g/mol. The zero-order chi connectivity index (χ0) is 12.8. The van der Waals surface area contributed by atoms with E-state index in [-0.39, 0.29) is 5.91 Å². The van der Waals surface area contributed by atoms with Gasteiger partial charge in [-0.1, -0.05) is 6.92 Å². The third kappa shape index (κ3) is 3.00. The second kappa shape index (κ2) is 6.05. The minimum absolute atomic E-state index is 0.0278. The number of hydrogen-bond donors (Lipinski definition) is 2. The Morgan fingerprint density at radius 1 is 1.56 bits per heavy atom. The van der Waals surface area contributed by atoms with Gasteiger partial charge in [0.2, 0.25) is 0 Å². The third-order valence-corrected chi connectivity index (χ3v) is 2.73. The first-order valence-corrected chi connectivity index (χ1v) is 6.23. The molecule has 1 amide bonds. The van der Waals surface area contributed by atoms with E-state index in [1.54, 1.807) is 12.4 Å². The molecule has 0 fully saturated rings. The highest BCUT2D eigenvalue weighted by Crippen LogP contribution is 2.03. The second-order valence-electron chi connectivity index (χ2n) is 4.13. The van der Waals surface area contributed by atoms with Crippen LogP contribution >= 0.6 is 0 Å². The number of imidazole rings is 1. The summed E-state index contributed by atoms with van der Waals surface area (Å²) >= 11 is 0. The summed E-state index contributed by atoms with van der Waals surface area (Å²) in [6, 6.07) is 3.75. The van der Waals surface area contributed by atoms with Gasteiger partial charge in [-0.05, 0) is 18.6 Å². The molecule has 0 atom stereocenters. The van der Waals surface area contributed by atoms with Crippen LogP contribution in [-0.2, 0) is 13.0 Å². The average Bonchev–Trinajstić information content (AvgIpc) is 3.00. The van der Waals surface area contributed by atoms with Crippen molar-refractivity contribution in [3.05, 3.63) is 42.2 Å². The van der Waals surface area contributed by atoms with Gasteiger partial charge in [0.25, 0.3) is 5.91 Å². The van der Waals surface area contributed by atoms with Gasteiger partial charge < -0.3 is 14.9 Å². The molecule has 2 aromatic rings. The van der Waals surface area contributed by atoms with Crippen LogP contribution in [0, 0.1) is 0 Å². The fraction of sp³-hybridized carbons (Fsp3) is 0.385. The summed E-state index contributed by atoms with van der Waals surface area (Å²) in [5, 5.41) is 2.90. The Bertz CT molecular complexity index is 487. The molecule has 0 bridgehead atoms. The summed E-state index contributed by atoms with van der Waals surface area (Å²) in [7, 11) is 0. The van der Waals surface area contributed by atoms with Crippen LogP contribution in [0.2, 0.25) is 0 Å². The van der Waals surface area contributed by atoms with E-state index in [9.17, 15) is 4.79 Å². The monoisotopic (exact) mass is 246 g/mol. The lowest BCUT2D eigenvalue weighted by Crippen LogP contribution is -2.28. The van der Waals surface area contributed by atoms with Crippen LogP contribution in [0.15, 0.2) is 30.7 Å². The first-order valence-electron chi connectivity index (χ1n) is 6.23. The number of nitrogens with zero attached hydrogens (tertiary/aromatic N) is 2. The molecular formula is C13H18N4O. The Hall–Kier alpha value is -2.04. The number of rotatable bonds is 6. The van der Waals surface area contributed by atoms with Crippen LogP contribution in [0.1, 0.15) is 29.7 Å². The molecule has 0 radical (unpaired) electrons. The summed E-state index contributed by atoms with van der Waals surface area (Å²) in [6.45, 7) is 3.55. The van der Waals surface area contributed by atoms with Gasteiger partial charge in [-0.3, -0.25) is 4.79 Å². The SMILES string of the molecule is CCCn1cccc1C(=O)NCCc1ncc[nH]1. The summed E-state index contributed by atoms with van der Waals surface area (Å²) in [5.41, 5.74) is 0.719. The molecular weight excluding hydrogens is 228 g/mol. The second-order valence-corrected chi connectivity index (χ2v) is 4.13. The first kappa shape index (κ1) is 12.4. The Labute approximate surface area is 106 Å². The van der Waals surface area contributed by atoms with E-state index in [1.165, 1.54) is 0 Å². The molecule has 0 aromatic carbocycles. The van der Waals surface area contributed by atoms with Gasteiger partial charge in [-0.15, -0.1) is 0 Å². The lowest BCUT2D eigenvalue weighted by atomic mass is 10.3. The van der Waals surface area contributed by atoms with Crippen LogP contribution in [0.4, 0.5) is 0 Å². The normalized spacial score (nSPS) is 10.5. The van der Waals surface area contributed by atoms with Crippen molar-refractivity contribution in [2.75, 3.05) is 6.54 Å². The molecule has 0 unspecified atom stereocenters. The number of amides is 1. The van der Waals surface area contributed by atoms with Crippen molar-refractivity contribution in [1.82, 2.24) is 19.9 Å². The van der Waals surface area contributed by atoms with Crippen molar-refractivity contribution in [3.63, 3.8) is 0 Å². The smallest absolute Gasteiger partial charge is 0.267 e. The summed E-state index contributed by atoms with van der Waals surface area (Å²) in [5.74, 6) is 0.860. The van der Waals surface area contributed by atoms with Crippen molar-refractivity contribution >= 4 is 5.91 Å². The molecule has 0 saturated heterocycles. The van der Waals surface area contributed by atoms with Crippen LogP contribution in [0.3, 0.4) is 0 Å². The van der Waals surface area contributed by atoms with E-state index >= 15 is 0 Å². The van der Waals surface area contributed by atoms with Gasteiger partial charge in [-0.2, -0.15) is 0 Å². The van der Waals surface area contributed by atoms with Gasteiger partial charge in [0.05, 0.1) is 0 Å². The minimum atomic E-state index is -0.0278. The molecule has 0 aliphatic heterocycles. The zero-order valence-electron chi connectivity index (χ0n) is 10.5. The van der Waals surface area contributed by atoms with Gasteiger partial charge in [-0.25, -0.2) is 4.98 Å². The summed E-state index contributed by atoms with van der Waals surface area (Å²) < 4.78 is 1.97. The van der Waals surface area contributed by atoms with Crippen molar-refractivity contribution < 1.29 is 4.79 Å². The van der Waals surface area contributed by atoms with E-state index < -0.39 is 0 Å². The number of nitrogens with one attached hydrogen (secondary N) is 2. The standard InChI is InChI=1S/C13H18N4O/c1-2-9-17-10-3-4-11(17)13(18)16-6-5-12-14-7-8-15-12/h3-4,7-8,10H,2,5-6,9H2,1H3,(H,14,15)(H,16,18). The third-order valence-electron chi connectivity index (χ3n) is 2.73. The largest absolute Gasteiger partial charge is 0.350 e. The van der Waals surface area contributed by atoms with E-state index in [0.717, 1.165) is 24.5 Å². The van der Waals surface area contributed by atoms with Gasteiger partial charge in [0.1, 0.15) is 11.5 Å². The highest BCUT2D eigenvalue weighted by atomic mass is 16.1. The van der Waals surface area contributed by atoms with E-state index in [2.05, 4.69) is 22.2 Å². The Balaban J connectivity index is 1.85. The predicted molar refractivity (Wildman–Crippen MR) is 69.3 cm³/mol. The lowest BCUT2D eigenvalue weighted by Gasteiger charge is -2.08. The molecule has 5 heteroatoms. The predicted octanol–water partition coefficient (Wildman–Crippen LogP) is 1.59. The van der Waals surface area contributed by atoms with Crippen molar-refractivity contribution in [2.24, 2.45) is 0 Å². The Morgan fingerprint density at radius 3 is 3.17 bits per heavy atom. The number of aryl methyl sites for hydroxylation is 1. The molecule has 0 aliphatic carbocycles. The Kier molecular flexibility index (Phi) is 4.17.